The van der Waals surface area contributed by atoms with Crippen LogP contribution in [0.4, 0.5) is 4.39 Å². The molecule has 4 heteroatoms. The number of halogens is 1. The number of aryl methyl sites for hydroxylation is 1. The SMILES string of the molecule is Cc1cc(-c2n[nH]c3c2COCC3)ccc1F. The number of H-pyrrole nitrogens is 1. The van der Waals surface area contributed by atoms with E-state index in [1.54, 1.807) is 13.0 Å². The molecular formula is C13H13FN2O. The Hall–Kier alpha value is -1.68. The minimum absolute atomic E-state index is 0.186. The Labute approximate surface area is 98.6 Å². The van der Waals surface area contributed by atoms with Crippen molar-refractivity contribution in [3.63, 3.8) is 0 Å². The highest BCUT2D eigenvalue weighted by molar-refractivity contribution is 5.64. The molecule has 2 heterocycles. The van der Waals surface area contributed by atoms with E-state index in [0.29, 0.717) is 12.2 Å². The summed E-state index contributed by atoms with van der Waals surface area (Å²) in [6, 6.07) is 5.06. The molecule has 3 nitrogen and oxygen atoms in total. The van der Waals surface area contributed by atoms with Gasteiger partial charge in [0.25, 0.3) is 0 Å². The molecule has 0 unspecified atom stereocenters. The van der Waals surface area contributed by atoms with E-state index >= 15 is 0 Å². The van der Waals surface area contributed by atoms with Crippen molar-refractivity contribution < 1.29 is 9.13 Å². The Morgan fingerprint density at radius 3 is 3.12 bits per heavy atom. The fraction of sp³-hybridized carbons (Fsp3) is 0.308. The topological polar surface area (TPSA) is 37.9 Å². The van der Waals surface area contributed by atoms with Crippen LogP contribution in [0.5, 0.6) is 0 Å². The molecule has 0 amide bonds. The number of nitrogens with zero attached hydrogens (tertiary/aromatic N) is 1. The molecule has 0 fully saturated rings. The Bertz CT molecular complexity index is 563. The van der Waals surface area contributed by atoms with Gasteiger partial charge in [-0.05, 0) is 30.7 Å². The van der Waals surface area contributed by atoms with Crippen molar-refractivity contribution in [3.05, 3.63) is 40.8 Å². The fourth-order valence-electron chi connectivity index (χ4n) is 2.14. The van der Waals surface area contributed by atoms with Crippen molar-refractivity contribution in [1.82, 2.24) is 10.2 Å². The average molecular weight is 232 g/mol. The van der Waals surface area contributed by atoms with Gasteiger partial charge in [-0.3, -0.25) is 5.10 Å². The van der Waals surface area contributed by atoms with Gasteiger partial charge < -0.3 is 4.74 Å². The van der Waals surface area contributed by atoms with Crippen LogP contribution in [0.25, 0.3) is 11.3 Å². The molecule has 0 bridgehead atoms. The van der Waals surface area contributed by atoms with E-state index in [0.717, 1.165) is 35.5 Å². The lowest BCUT2D eigenvalue weighted by Gasteiger charge is -2.12. The van der Waals surface area contributed by atoms with E-state index in [1.165, 1.54) is 6.07 Å². The van der Waals surface area contributed by atoms with Crippen molar-refractivity contribution >= 4 is 0 Å². The van der Waals surface area contributed by atoms with Crippen LogP contribution in [0.2, 0.25) is 0 Å². The maximum Gasteiger partial charge on any atom is 0.126 e. The average Bonchev–Trinajstić information content (AvgIpc) is 2.76. The van der Waals surface area contributed by atoms with Gasteiger partial charge in [-0.1, -0.05) is 0 Å². The summed E-state index contributed by atoms with van der Waals surface area (Å²) in [6.45, 7) is 3.07. The standard InChI is InChI=1S/C13H13FN2O/c1-8-6-9(2-3-11(8)14)13-10-7-17-5-4-12(10)15-16-13/h2-3,6H,4-5,7H2,1H3,(H,15,16). The van der Waals surface area contributed by atoms with Crippen molar-refractivity contribution in [1.29, 1.82) is 0 Å². The number of ether oxygens (including phenoxy) is 1. The maximum absolute atomic E-state index is 13.2. The molecule has 0 saturated carbocycles. The summed E-state index contributed by atoms with van der Waals surface area (Å²) >= 11 is 0. The van der Waals surface area contributed by atoms with Gasteiger partial charge in [-0.2, -0.15) is 5.10 Å². The second-order valence-electron chi connectivity index (χ2n) is 4.30. The number of fused-ring (bicyclic) bond motifs is 1. The Morgan fingerprint density at radius 2 is 2.29 bits per heavy atom. The molecule has 3 rings (SSSR count). The lowest BCUT2D eigenvalue weighted by atomic mass is 10.0. The van der Waals surface area contributed by atoms with Crippen molar-refractivity contribution in [2.75, 3.05) is 6.61 Å². The van der Waals surface area contributed by atoms with Gasteiger partial charge in [0.1, 0.15) is 5.82 Å². The monoisotopic (exact) mass is 232 g/mol. The molecule has 0 aliphatic carbocycles. The summed E-state index contributed by atoms with van der Waals surface area (Å²) in [4.78, 5) is 0. The molecule has 1 aromatic heterocycles. The van der Waals surface area contributed by atoms with E-state index in [-0.39, 0.29) is 5.82 Å². The number of hydrogen-bond donors (Lipinski definition) is 1. The number of hydrogen-bond acceptors (Lipinski definition) is 2. The van der Waals surface area contributed by atoms with E-state index < -0.39 is 0 Å². The predicted molar refractivity (Wildman–Crippen MR) is 62.1 cm³/mol. The highest BCUT2D eigenvalue weighted by Gasteiger charge is 2.18. The van der Waals surface area contributed by atoms with Crippen molar-refractivity contribution in [2.24, 2.45) is 0 Å². The van der Waals surface area contributed by atoms with E-state index in [9.17, 15) is 4.39 Å². The molecule has 0 spiro atoms. The van der Waals surface area contributed by atoms with Gasteiger partial charge in [-0.15, -0.1) is 0 Å². The summed E-state index contributed by atoms with van der Waals surface area (Å²) < 4.78 is 18.7. The predicted octanol–water partition coefficient (Wildman–Crippen LogP) is 2.60. The second kappa shape index (κ2) is 3.96. The lowest BCUT2D eigenvalue weighted by molar-refractivity contribution is 0.110. The molecule has 1 N–H and O–H groups in total. The number of rotatable bonds is 1. The van der Waals surface area contributed by atoms with E-state index in [2.05, 4.69) is 10.2 Å². The van der Waals surface area contributed by atoms with Crippen molar-refractivity contribution in [2.45, 2.75) is 20.0 Å². The highest BCUT2D eigenvalue weighted by Crippen LogP contribution is 2.28. The lowest BCUT2D eigenvalue weighted by Crippen LogP contribution is -2.08. The molecule has 0 atom stereocenters. The van der Waals surface area contributed by atoms with E-state index in [1.807, 2.05) is 6.07 Å². The first-order valence-corrected chi connectivity index (χ1v) is 5.66. The molecule has 88 valence electrons. The molecule has 1 aliphatic rings. The molecule has 1 aliphatic heterocycles. The van der Waals surface area contributed by atoms with Crippen LogP contribution in [0.3, 0.4) is 0 Å². The maximum atomic E-state index is 13.2. The van der Waals surface area contributed by atoms with Crippen LogP contribution in [0.15, 0.2) is 18.2 Å². The first-order valence-electron chi connectivity index (χ1n) is 5.66. The minimum Gasteiger partial charge on any atom is -0.376 e. The molecule has 2 aromatic rings. The number of aromatic nitrogens is 2. The zero-order valence-corrected chi connectivity index (χ0v) is 9.59. The summed E-state index contributed by atoms with van der Waals surface area (Å²) in [5.41, 5.74) is 4.68. The first-order chi connectivity index (χ1) is 8.25. The van der Waals surface area contributed by atoms with E-state index in [4.69, 9.17) is 4.74 Å². The fourth-order valence-corrected chi connectivity index (χ4v) is 2.14. The smallest absolute Gasteiger partial charge is 0.126 e. The second-order valence-corrected chi connectivity index (χ2v) is 4.30. The third-order valence-corrected chi connectivity index (χ3v) is 3.13. The largest absolute Gasteiger partial charge is 0.376 e. The summed E-state index contributed by atoms with van der Waals surface area (Å²) in [5.74, 6) is -0.186. The van der Waals surface area contributed by atoms with Crippen LogP contribution in [0, 0.1) is 12.7 Å². The van der Waals surface area contributed by atoms with Crippen LogP contribution >= 0.6 is 0 Å². The Balaban J connectivity index is 2.09. The summed E-state index contributed by atoms with van der Waals surface area (Å²) in [6.07, 6.45) is 0.864. The van der Waals surface area contributed by atoms with Gasteiger partial charge in [-0.25, -0.2) is 4.39 Å². The third kappa shape index (κ3) is 1.74. The highest BCUT2D eigenvalue weighted by atomic mass is 19.1. The normalized spacial score (nSPS) is 14.7. The van der Waals surface area contributed by atoms with Crippen molar-refractivity contribution in [3.8, 4) is 11.3 Å². The van der Waals surface area contributed by atoms with Gasteiger partial charge in [0.2, 0.25) is 0 Å². The number of benzene rings is 1. The first kappa shape index (κ1) is 10.5. The molecule has 1 aromatic carbocycles. The van der Waals surface area contributed by atoms with Crippen LogP contribution in [-0.4, -0.2) is 16.8 Å². The van der Waals surface area contributed by atoms with Crippen LogP contribution in [-0.2, 0) is 17.8 Å². The van der Waals surface area contributed by atoms with Gasteiger partial charge in [0.15, 0.2) is 0 Å². The molecular weight excluding hydrogens is 219 g/mol. The minimum atomic E-state index is -0.186. The zero-order chi connectivity index (χ0) is 11.8. The van der Waals surface area contributed by atoms with Crippen LogP contribution < -0.4 is 0 Å². The van der Waals surface area contributed by atoms with Crippen LogP contribution in [0.1, 0.15) is 16.8 Å². The molecule has 0 saturated heterocycles. The molecule has 17 heavy (non-hydrogen) atoms. The summed E-state index contributed by atoms with van der Waals surface area (Å²) in [7, 11) is 0. The Kier molecular flexibility index (Phi) is 2.44. The zero-order valence-electron chi connectivity index (χ0n) is 9.59. The molecule has 0 radical (unpaired) electrons. The Morgan fingerprint density at radius 1 is 1.41 bits per heavy atom. The van der Waals surface area contributed by atoms with Gasteiger partial charge >= 0.3 is 0 Å². The van der Waals surface area contributed by atoms with Gasteiger partial charge in [0.05, 0.1) is 18.9 Å². The number of nitrogens with one attached hydrogen (secondary N) is 1. The van der Waals surface area contributed by atoms with Gasteiger partial charge in [0, 0.05) is 23.2 Å². The number of aromatic amines is 1. The third-order valence-electron chi connectivity index (χ3n) is 3.13. The quantitative estimate of drug-likeness (QED) is 0.820. The summed E-state index contributed by atoms with van der Waals surface area (Å²) in [5, 5.41) is 7.35.